The van der Waals surface area contributed by atoms with E-state index in [1.54, 1.807) is 12.1 Å². The summed E-state index contributed by atoms with van der Waals surface area (Å²) in [5, 5.41) is 18.7. The van der Waals surface area contributed by atoms with Crippen molar-refractivity contribution in [3.63, 3.8) is 0 Å². The van der Waals surface area contributed by atoms with E-state index in [1.807, 2.05) is 41.8 Å². The van der Waals surface area contributed by atoms with Crippen molar-refractivity contribution in [2.75, 3.05) is 0 Å². The number of rotatable bonds is 4. The molecule has 0 saturated heterocycles. The SMILES string of the molecule is Cc1ccc(-n2c(Sc3cnc(C#N)cn3)nnc2-c2ccc(F)cc2)cc1. The summed E-state index contributed by atoms with van der Waals surface area (Å²) in [6.45, 7) is 2.01. The molecule has 0 saturated carbocycles. The number of nitriles is 1. The topological polar surface area (TPSA) is 80.3 Å². The summed E-state index contributed by atoms with van der Waals surface area (Å²) in [6, 6.07) is 16.0. The van der Waals surface area contributed by atoms with Gasteiger partial charge < -0.3 is 0 Å². The molecule has 136 valence electrons. The zero-order chi connectivity index (χ0) is 19.5. The Labute approximate surface area is 164 Å². The average molecular weight is 388 g/mol. The maximum Gasteiger partial charge on any atom is 0.202 e. The van der Waals surface area contributed by atoms with Crippen LogP contribution in [0.5, 0.6) is 0 Å². The van der Waals surface area contributed by atoms with Crippen LogP contribution in [0.15, 0.2) is 71.1 Å². The number of hydrogen-bond acceptors (Lipinski definition) is 6. The Balaban J connectivity index is 1.80. The van der Waals surface area contributed by atoms with Crippen molar-refractivity contribution in [2.24, 2.45) is 0 Å². The lowest BCUT2D eigenvalue weighted by Crippen LogP contribution is -2.00. The summed E-state index contributed by atoms with van der Waals surface area (Å²) in [5.41, 5.74) is 3.00. The van der Waals surface area contributed by atoms with Crippen molar-refractivity contribution in [1.82, 2.24) is 24.7 Å². The lowest BCUT2D eigenvalue weighted by molar-refractivity contribution is 0.628. The molecule has 4 rings (SSSR count). The van der Waals surface area contributed by atoms with E-state index in [-0.39, 0.29) is 11.5 Å². The molecule has 0 spiro atoms. The molecule has 6 nitrogen and oxygen atoms in total. The fraction of sp³-hybridized carbons (Fsp3) is 0.0500. The molecule has 0 radical (unpaired) electrons. The fourth-order valence-electron chi connectivity index (χ4n) is 2.57. The van der Waals surface area contributed by atoms with Crippen molar-refractivity contribution < 1.29 is 4.39 Å². The standard InChI is InChI=1S/C20H13FN6S/c1-13-2-8-17(9-3-13)27-19(14-4-6-15(21)7-5-14)25-26-20(27)28-18-12-23-16(10-22)11-24-18/h2-9,11-12H,1H3. The van der Waals surface area contributed by atoms with Crippen LogP contribution >= 0.6 is 11.8 Å². The number of aryl methyl sites for hydroxylation is 1. The van der Waals surface area contributed by atoms with Crippen LogP contribution in [0.4, 0.5) is 4.39 Å². The summed E-state index contributed by atoms with van der Waals surface area (Å²) in [5.74, 6) is 0.278. The lowest BCUT2D eigenvalue weighted by atomic mass is 10.2. The van der Waals surface area contributed by atoms with Crippen LogP contribution in [0.1, 0.15) is 11.3 Å². The van der Waals surface area contributed by atoms with E-state index < -0.39 is 0 Å². The second-order valence-electron chi connectivity index (χ2n) is 5.94. The smallest absolute Gasteiger partial charge is 0.202 e. The summed E-state index contributed by atoms with van der Waals surface area (Å²) in [7, 11) is 0. The van der Waals surface area contributed by atoms with E-state index >= 15 is 0 Å². The van der Waals surface area contributed by atoms with Crippen LogP contribution in [0.3, 0.4) is 0 Å². The third kappa shape index (κ3) is 3.61. The van der Waals surface area contributed by atoms with E-state index in [4.69, 9.17) is 5.26 Å². The van der Waals surface area contributed by atoms with Crippen LogP contribution in [0.2, 0.25) is 0 Å². The maximum atomic E-state index is 13.3. The second kappa shape index (κ2) is 7.58. The molecule has 2 aromatic carbocycles. The fourth-order valence-corrected chi connectivity index (χ4v) is 3.33. The minimum atomic E-state index is -0.312. The van der Waals surface area contributed by atoms with Gasteiger partial charge in [-0.15, -0.1) is 10.2 Å². The highest BCUT2D eigenvalue weighted by Gasteiger charge is 2.17. The van der Waals surface area contributed by atoms with Gasteiger partial charge in [-0.1, -0.05) is 17.7 Å². The molecule has 2 heterocycles. The third-order valence-electron chi connectivity index (χ3n) is 3.97. The predicted octanol–water partition coefficient (Wildman–Crippen LogP) is 4.19. The normalized spacial score (nSPS) is 10.6. The molecular formula is C20H13FN6S. The molecule has 28 heavy (non-hydrogen) atoms. The number of aromatic nitrogens is 5. The highest BCUT2D eigenvalue weighted by Crippen LogP contribution is 2.31. The van der Waals surface area contributed by atoms with Gasteiger partial charge in [0.15, 0.2) is 11.5 Å². The largest absolute Gasteiger partial charge is 0.270 e. The highest BCUT2D eigenvalue weighted by molar-refractivity contribution is 7.99. The Kier molecular flexibility index (Phi) is 4.83. The summed E-state index contributed by atoms with van der Waals surface area (Å²) < 4.78 is 15.2. The summed E-state index contributed by atoms with van der Waals surface area (Å²) in [6.07, 6.45) is 2.94. The monoisotopic (exact) mass is 388 g/mol. The van der Waals surface area contributed by atoms with Crippen LogP contribution in [0.25, 0.3) is 17.1 Å². The van der Waals surface area contributed by atoms with E-state index in [1.165, 1.54) is 36.3 Å². The first-order valence-electron chi connectivity index (χ1n) is 8.32. The molecule has 0 aliphatic rings. The zero-order valence-electron chi connectivity index (χ0n) is 14.7. The predicted molar refractivity (Wildman–Crippen MR) is 102 cm³/mol. The first-order chi connectivity index (χ1) is 13.6. The Bertz CT molecular complexity index is 1150. The van der Waals surface area contributed by atoms with E-state index in [2.05, 4.69) is 20.2 Å². The first-order valence-corrected chi connectivity index (χ1v) is 9.14. The minimum Gasteiger partial charge on any atom is -0.270 e. The van der Waals surface area contributed by atoms with Gasteiger partial charge in [0.05, 0.1) is 12.4 Å². The van der Waals surface area contributed by atoms with Crippen molar-refractivity contribution in [1.29, 1.82) is 5.26 Å². The number of halogens is 1. The van der Waals surface area contributed by atoms with E-state index in [0.717, 1.165) is 16.8 Å². The van der Waals surface area contributed by atoms with E-state index in [0.29, 0.717) is 16.0 Å². The van der Waals surface area contributed by atoms with Gasteiger partial charge in [0.25, 0.3) is 0 Å². The van der Waals surface area contributed by atoms with Gasteiger partial charge in [0.2, 0.25) is 5.16 Å². The third-order valence-corrected chi connectivity index (χ3v) is 4.83. The molecule has 0 fully saturated rings. The quantitative estimate of drug-likeness (QED) is 0.521. The second-order valence-corrected chi connectivity index (χ2v) is 6.93. The van der Waals surface area contributed by atoms with Crippen molar-refractivity contribution in [2.45, 2.75) is 17.1 Å². The van der Waals surface area contributed by atoms with Crippen molar-refractivity contribution in [3.05, 3.63) is 78.0 Å². The molecule has 0 amide bonds. The molecule has 0 atom stereocenters. The molecular weight excluding hydrogens is 375 g/mol. The molecule has 0 aliphatic carbocycles. The summed E-state index contributed by atoms with van der Waals surface area (Å²) >= 11 is 1.28. The van der Waals surface area contributed by atoms with Crippen molar-refractivity contribution in [3.8, 4) is 23.1 Å². The number of hydrogen-bond donors (Lipinski definition) is 0. The minimum absolute atomic E-state index is 0.247. The highest BCUT2D eigenvalue weighted by atomic mass is 32.2. The van der Waals surface area contributed by atoms with Gasteiger partial charge in [-0.3, -0.25) is 4.57 Å². The molecule has 0 aliphatic heterocycles. The molecule has 0 N–H and O–H groups in total. The van der Waals surface area contributed by atoms with Crippen LogP contribution < -0.4 is 0 Å². The average Bonchev–Trinajstić information content (AvgIpc) is 3.13. The van der Waals surface area contributed by atoms with Gasteiger partial charge in [-0.05, 0) is 55.1 Å². The first kappa shape index (κ1) is 17.8. The Morgan fingerprint density at radius 3 is 2.36 bits per heavy atom. The lowest BCUT2D eigenvalue weighted by Gasteiger charge is -2.10. The van der Waals surface area contributed by atoms with Gasteiger partial charge in [0, 0.05) is 11.3 Å². The van der Waals surface area contributed by atoms with Crippen LogP contribution in [-0.2, 0) is 0 Å². The Morgan fingerprint density at radius 2 is 1.71 bits per heavy atom. The van der Waals surface area contributed by atoms with Gasteiger partial charge >= 0.3 is 0 Å². The molecule has 0 bridgehead atoms. The molecule has 8 heteroatoms. The Morgan fingerprint density at radius 1 is 0.964 bits per heavy atom. The Hall–Kier alpha value is -3.57. The van der Waals surface area contributed by atoms with Gasteiger partial charge in [0.1, 0.15) is 16.9 Å². The molecule has 4 aromatic rings. The molecule has 0 unspecified atom stereocenters. The van der Waals surface area contributed by atoms with E-state index in [9.17, 15) is 4.39 Å². The van der Waals surface area contributed by atoms with Crippen molar-refractivity contribution >= 4 is 11.8 Å². The van der Waals surface area contributed by atoms with Crippen LogP contribution in [0, 0.1) is 24.1 Å². The zero-order valence-corrected chi connectivity index (χ0v) is 15.6. The number of nitrogens with zero attached hydrogens (tertiary/aromatic N) is 6. The number of benzene rings is 2. The molecule has 2 aromatic heterocycles. The van der Waals surface area contributed by atoms with Gasteiger partial charge in [-0.25, -0.2) is 14.4 Å². The maximum absolute atomic E-state index is 13.3. The van der Waals surface area contributed by atoms with Gasteiger partial charge in [-0.2, -0.15) is 5.26 Å². The van der Waals surface area contributed by atoms with Crippen LogP contribution in [-0.4, -0.2) is 24.7 Å². The summed E-state index contributed by atoms with van der Waals surface area (Å²) in [4.78, 5) is 8.27.